The van der Waals surface area contributed by atoms with Crippen LogP contribution in [0.5, 0.6) is 0 Å². The van der Waals surface area contributed by atoms with Crippen LogP contribution < -0.4 is 5.32 Å². The van der Waals surface area contributed by atoms with Crippen LogP contribution in [0.15, 0.2) is 0 Å². The van der Waals surface area contributed by atoms with Gasteiger partial charge in [0.05, 0.1) is 59.8 Å². The van der Waals surface area contributed by atoms with Gasteiger partial charge in [0.25, 0.3) is 0 Å². The first kappa shape index (κ1) is 42.8. The molecule has 2 bridgehead atoms. The minimum Gasteiger partial charge on any atom is -0.390 e. The zero-order chi connectivity index (χ0) is 38.4. The summed E-state index contributed by atoms with van der Waals surface area (Å²) < 4.78 is 39.0. The van der Waals surface area contributed by atoms with Crippen LogP contribution in [0.25, 0.3) is 0 Å². The van der Waals surface area contributed by atoms with Crippen molar-refractivity contribution < 1.29 is 53.6 Å². The van der Waals surface area contributed by atoms with Gasteiger partial charge in [-0.3, -0.25) is 4.79 Å². The number of likely N-dealkylation sites (N-methyl/N-ethyl adjacent to an activating group) is 1. The Kier molecular flexibility index (Phi) is 13.8. The minimum atomic E-state index is -1.67. The van der Waals surface area contributed by atoms with E-state index in [0.29, 0.717) is 25.7 Å². The van der Waals surface area contributed by atoms with E-state index in [4.69, 9.17) is 28.4 Å². The molecule has 0 saturated carbocycles. The number of hydrogen-bond donors (Lipinski definition) is 5. The predicted octanol–water partition coefficient (Wildman–Crippen LogP) is 2.59. The van der Waals surface area contributed by atoms with Crippen molar-refractivity contribution in [1.29, 1.82) is 0 Å². The first-order valence-corrected chi connectivity index (χ1v) is 19.2. The molecule has 0 aromatic carbocycles. The van der Waals surface area contributed by atoms with E-state index in [0.717, 1.165) is 0 Å². The lowest BCUT2D eigenvalue weighted by Crippen LogP contribution is -2.62. The van der Waals surface area contributed by atoms with E-state index < -0.39 is 95.9 Å². The summed E-state index contributed by atoms with van der Waals surface area (Å²) in [7, 11) is 5.39. The summed E-state index contributed by atoms with van der Waals surface area (Å²) in [6, 6.07) is -0.970. The highest BCUT2D eigenvalue weighted by Gasteiger charge is 2.57. The number of aliphatic hydroxyl groups is 4. The molecule has 0 radical (unpaired) electrons. The second-order valence-corrected chi connectivity index (χ2v) is 17.3. The Bertz CT molecular complexity index is 1160. The molecule has 4 aliphatic rings. The van der Waals surface area contributed by atoms with Gasteiger partial charge in [-0.15, -0.1) is 0 Å². The number of nitrogens with one attached hydrogen (secondary N) is 1. The Morgan fingerprint density at radius 2 is 1.59 bits per heavy atom. The fourth-order valence-corrected chi connectivity index (χ4v) is 9.47. The third-order valence-corrected chi connectivity index (χ3v) is 12.8. The molecule has 298 valence electrons. The molecule has 0 aromatic heterocycles. The zero-order valence-corrected chi connectivity index (χ0v) is 33.4. The van der Waals surface area contributed by atoms with E-state index in [1.54, 1.807) is 27.9 Å². The monoisotopic (exact) mass is 730 g/mol. The van der Waals surface area contributed by atoms with Crippen LogP contribution in [-0.4, -0.2) is 143 Å². The average molecular weight is 731 g/mol. The smallest absolute Gasteiger partial charge is 0.225 e. The summed E-state index contributed by atoms with van der Waals surface area (Å²) in [6.07, 6.45) is -5.33. The number of carbonyl (C=O) groups is 1. The number of carbonyl (C=O) groups excluding carboxylic acids is 1. The highest BCUT2D eigenvalue weighted by Crippen LogP contribution is 2.47. The van der Waals surface area contributed by atoms with E-state index in [1.807, 2.05) is 60.5 Å². The maximum absolute atomic E-state index is 14.3. The molecule has 5 N–H and O–H groups in total. The molecule has 0 aromatic rings. The zero-order valence-electron chi connectivity index (χ0n) is 33.4. The Morgan fingerprint density at radius 3 is 2.18 bits per heavy atom. The maximum atomic E-state index is 14.3. The molecule has 1 amide bonds. The standard InChI is InChI=1S/C38H70N2O11/c1-14-15-26-38(10,45)31(42)21(4)29-19(2)17-37(9,51-29)33(50-35-28(41)25(40(11)12)16-20(3)47-35)22(5)30(23(6)34(44)39-26)49-27-18-36(8,46-13)32(43)24(7)48-27/h19-33,35,41-43,45H,14-18H2,1-13H3,(H,39,44)/t19-,20?,21+,22+,23-,24?,25?,26-,27?,28?,29-,30+,31-,32?,33-,35?,36?,37?,38-/m1/s1. The Morgan fingerprint density at radius 1 is 0.941 bits per heavy atom. The molecule has 4 fully saturated rings. The van der Waals surface area contributed by atoms with E-state index in [1.165, 1.54) is 0 Å². The molecular formula is C38H70N2O11. The van der Waals surface area contributed by atoms with Crippen LogP contribution in [0.4, 0.5) is 0 Å². The fourth-order valence-electron chi connectivity index (χ4n) is 9.47. The van der Waals surface area contributed by atoms with Gasteiger partial charge in [0, 0.05) is 31.4 Å². The number of amides is 1. The highest BCUT2D eigenvalue weighted by molar-refractivity contribution is 5.79. The summed E-state index contributed by atoms with van der Waals surface area (Å²) >= 11 is 0. The molecule has 4 heterocycles. The Hall–Kier alpha value is -0.970. The van der Waals surface area contributed by atoms with Gasteiger partial charge in [0.1, 0.15) is 17.8 Å². The van der Waals surface area contributed by atoms with Crippen molar-refractivity contribution in [1.82, 2.24) is 10.2 Å². The molecule has 4 aliphatic heterocycles. The highest BCUT2D eigenvalue weighted by atomic mass is 16.7. The number of aliphatic hydroxyl groups excluding tert-OH is 3. The molecule has 19 atom stereocenters. The van der Waals surface area contributed by atoms with Gasteiger partial charge in [-0.25, -0.2) is 0 Å². The summed E-state index contributed by atoms with van der Waals surface area (Å²) in [4.78, 5) is 16.3. The number of hydrogen-bond acceptors (Lipinski definition) is 12. The Balaban J connectivity index is 1.84. The van der Waals surface area contributed by atoms with Crippen molar-refractivity contribution in [3.63, 3.8) is 0 Å². The molecule has 0 aliphatic carbocycles. The van der Waals surface area contributed by atoms with Crippen LogP contribution >= 0.6 is 0 Å². The summed E-state index contributed by atoms with van der Waals surface area (Å²) in [5.41, 5.74) is -3.62. The number of nitrogens with zero attached hydrogens (tertiary/aromatic N) is 1. The first-order chi connectivity index (χ1) is 23.6. The van der Waals surface area contributed by atoms with Crippen molar-refractivity contribution in [2.24, 2.45) is 23.7 Å². The lowest BCUT2D eigenvalue weighted by Gasteiger charge is -2.48. The van der Waals surface area contributed by atoms with E-state index in [2.05, 4.69) is 12.2 Å². The van der Waals surface area contributed by atoms with Gasteiger partial charge in [-0.1, -0.05) is 41.0 Å². The van der Waals surface area contributed by atoms with Gasteiger partial charge in [-0.2, -0.15) is 0 Å². The fraction of sp³-hybridized carbons (Fsp3) is 0.974. The molecule has 13 nitrogen and oxygen atoms in total. The Labute approximate surface area is 306 Å². The quantitative estimate of drug-likeness (QED) is 0.248. The normalized spacial score (nSPS) is 51.8. The minimum absolute atomic E-state index is 0.0373. The number of rotatable bonds is 8. The van der Waals surface area contributed by atoms with Gasteiger partial charge >= 0.3 is 0 Å². The van der Waals surface area contributed by atoms with Crippen LogP contribution in [0.3, 0.4) is 0 Å². The molecule has 4 rings (SSSR count). The van der Waals surface area contributed by atoms with E-state index >= 15 is 0 Å². The lowest BCUT2D eigenvalue weighted by molar-refractivity contribution is -0.318. The molecule has 13 heteroatoms. The first-order valence-electron chi connectivity index (χ1n) is 19.2. The third kappa shape index (κ3) is 8.64. The van der Waals surface area contributed by atoms with Gasteiger partial charge in [0.2, 0.25) is 5.91 Å². The predicted molar refractivity (Wildman–Crippen MR) is 191 cm³/mol. The maximum Gasteiger partial charge on any atom is 0.225 e. The molecular weight excluding hydrogens is 660 g/mol. The summed E-state index contributed by atoms with van der Waals surface area (Å²) in [6.45, 7) is 18.8. The van der Waals surface area contributed by atoms with Crippen molar-refractivity contribution >= 4 is 5.91 Å². The number of ether oxygens (including phenoxy) is 6. The molecule has 9 unspecified atom stereocenters. The molecule has 4 saturated heterocycles. The van der Waals surface area contributed by atoms with Crippen LogP contribution in [0, 0.1) is 23.7 Å². The van der Waals surface area contributed by atoms with Gasteiger partial charge in [-0.05, 0) is 73.9 Å². The summed E-state index contributed by atoms with van der Waals surface area (Å²) in [5, 5.41) is 49.4. The van der Waals surface area contributed by atoms with Crippen LogP contribution in [-0.2, 0) is 33.2 Å². The van der Waals surface area contributed by atoms with Gasteiger partial charge in [0.15, 0.2) is 12.6 Å². The van der Waals surface area contributed by atoms with Gasteiger partial charge < -0.3 is 59.1 Å². The van der Waals surface area contributed by atoms with Crippen molar-refractivity contribution in [2.75, 3.05) is 21.2 Å². The summed E-state index contributed by atoms with van der Waals surface area (Å²) in [5.74, 6) is -2.25. The van der Waals surface area contributed by atoms with Crippen molar-refractivity contribution in [3.05, 3.63) is 0 Å². The molecule has 0 spiro atoms. The topological polar surface area (TPSA) is 169 Å². The lowest BCUT2D eigenvalue weighted by atomic mass is 9.75. The van der Waals surface area contributed by atoms with E-state index in [-0.39, 0.29) is 30.4 Å². The van der Waals surface area contributed by atoms with Crippen molar-refractivity contribution in [2.45, 2.75) is 192 Å². The van der Waals surface area contributed by atoms with Crippen LogP contribution in [0.2, 0.25) is 0 Å². The third-order valence-electron chi connectivity index (χ3n) is 12.8. The average Bonchev–Trinajstić information content (AvgIpc) is 3.38. The van der Waals surface area contributed by atoms with Crippen molar-refractivity contribution in [3.8, 4) is 0 Å². The largest absolute Gasteiger partial charge is 0.390 e. The molecule has 51 heavy (non-hydrogen) atoms. The number of methoxy groups -OCH3 is 1. The second-order valence-electron chi connectivity index (χ2n) is 17.3. The van der Waals surface area contributed by atoms with E-state index in [9.17, 15) is 25.2 Å². The SMILES string of the molecule is CCC[C@H]1NC(=O)[C@H](C)[C@@H](OC2CC(C)(OC)C(O)C(C)O2)[C@H](C)[C@@H](OC2OC(C)CC(N(C)C)C2O)C2(C)C[C@@H](C)[C@@H](O2)[C@H](C)[C@@H](O)[C@]1(C)O. The van der Waals surface area contributed by atoms with Crippen LogP contribution in [0.1, 0.15) is 101 Å². The second kappa shape index (κ2) is 16.4. The number of fused-ring (bicyclic) bond motifs is 2.